The summed E-state index contributed by atoms with van der Waals surface area (Å²) in [5.74, 6) is 2.10. The van der Waals surface area contributed by atoms with Gasteiger partial charge >= 0.3 is 0 Å². The van der Waals surface area contributed by atoms with Gasteiger partial charge in [0.15, 0.2) is 15.8 Å². The van der Waals surface area contributed by atoms with E-state index in [-0.39, 0.29) is 35.5 Å². The van der Waals surface area contributed by atoms with E-state index in [2.05, 4.69) is 25.1 Å². The number of pyridine rings is 1. The maximum absolute atomic E-state index is 12.4. The van der Waals surface area contributed by atoms with Crippen molar-refractivity contribution in [3.05, 3.63) is 60.3 Å². The van der Waals surface area contributed by atoms with Crippen LogP contribution >= 0.6 is 24.0 Å². The van der Waals surface area contributed by atoms with E-state index < -0.39 is 9.84 Å². The molecule has 1 N–H and O–H groups in total. The van der Waals surface area contributed by atoms with Gasteiger partial charge in [-0.1, -0.05) is 36.4 Å². The Hall–Kier alpha value is -1.88. The molecule has 0 saturated carbocycles. The van der Waals surface area contributed by atoms with Gasteiger partial charge in [-0.2, -0.15) is 0 Å². The number of rotatable bonds is 8. The van der Waals surface area contributed by atoms with E-state index in [1.807, 2.05) is 61.7 Å². The van der Waals surface area contributed by atoms with Crippen LogP contribution in [0.5, 0.6) is 0 Å². The number of nitrogens with one attached hydrogen (secondary N) is 1. The second-order valence-corrected chi connectivity index (χ2v) is 9.51. The Kier molecular flexibility index (Phi) is 10.5. The van der Waals surface area contributed by atoms with Gasteiger partial charge in [-0.25, -0.2) is 13.4 Å². The molecule has 0 aliphatic carbocycles. The number of piperazine rings is 1. The third-order valence-electron chi connectivity index (χ3n) is 4.99. The zero-order valence-corrected chi connectivity index (χ0v) is 21.1. The number of sulfone groups is 1. The molecule has 1 saturated heterocycles. The minimum atomic E-state index is -3.12. The lowest BCUT2D eigenvalue weighted by Gasteiger charge is -2.37. The summed E-state index contributed by atoms with van der Waals surface area (Å²) in [4.78, 5) is 13.6. The van der Waals surface area contributed by atoms with Gasteiger partial charge in [-0.15, -0.1) is 24.0 Å². The van der Waals surface area contributed by atoms with Gasteiger partial charge in [0.05, 0.1) is 11.5 Å². The van der Waals surface area contributed by atoms with Crippen LogP contribution in [0, 0.1) is 0 Å². The summed E-state index contributed by atoms with van der Waals surface area (Å²) in [7, 11) is -3.12. The molecule has 31 heavy (non-hydrogen) atoms. The molecular weight excluding hydrogens is 525 g/mol. The Morgan fingerprint density at radius 3 is 2.42 bits per heavy atom. The molecule has 1 fully saturated rings. The minimum Gasteiger partial charge on any atom is -0.357 e. The topological polar surface area (TPSA) is 77.9 Å². The molecule has 1 aromatic heterocycles. The molecule has 2 heterocycles. The average Bonchev–Trinajstić information content (AvgIpc) is 2.77. The molecule has 9 heteroatoms. The molecule has 0 bridgehead atoms. The number of guanidine groups is 1. The Labute approximate surface area is 202 Å². The van der Waals surface area contributed by atoms with Gasteiger partial charge in [-0.3, -0.25) is 4.99 Å². The van der Waals surface area contributed by atoms with Gasteiger partial charge in [0.25, 0.3) is 0 Å². The number of aliphatic imine (C=N–C) groups is 1. The van der Waals surface area contributed by atoms with Crippen LogP contribution in [0.25, 0.3) is 0 Å². The molecule has 170 valence electrons. The van der Waals surface area contributed by atoms with Gasteiger partial charge in [0.1, 0.15) is 5.82 Å². The van der Waals surface area contributed by atoms with Crippen LogP contribution in [-0.2, 0) is 15.6 Å². The number of hydrogen-bond donors (Lipinski definition) is 1. The van der Waals surface area contributed by atoms with Crippen molar-refractivity contribution in [1.29, 1.82) is 0 Å². The highest BCUT2D eigenvalue weighted by Crippen LogP contribution is 2.13. The Morgan fingerprint density at radius 1 is 1.06 bits per heavy atom. The molecule has 0 radical (unpaired) electrons. The van der Waals surface area contributed by atoms with Crippen molar-refractivity contribution in [3.63, 3.8) is 0 Å². The van der Waals surface area contributed by atoms with Gasteiger partial charge in [0.2, 0.25) is 0 Å². The number of nitrogens with zero attached hydrogens (tertiary/aromatic N) is 4. The standard InChI is InChI=1S/C22H31N5O2S.HI/c1-2-23-22(27-16-14-26(15-17-27)21-11-6-7-12-24-21)25-13-8-18-30(28,29)19-20-9-4-3-5-10-20;/h3-7,9-12H,2,8,13-19H2,1H3,(H,23,25);1H. The van der Waals surface area contributed by atoms with Gasteiger partial charge < -0.3 is 15.1 Å². The zero-order valence-electron chi connectivity index (χ0n) is 18.0. The summed E-state index contributed by atoms with van der Waals surface area (Å²) >= 11 is 0. The second kappa shape index (κ2) is 12.8. The maximum Gasteiger partial charge on any atom is 0.194 e. The summed E-state index contributed by atoms with van der Waals surface area (Å²) in [6.07, 6.45) is 2.34. The molecule has 7 nitrogen and oxygen atoms in total. The van der Waals surface area contributed by atoms with Crippen molar-refractivity contribution in [2.24, 2.45) is 4.99 Å². The third-order valence-corrected chi connectivity index (χ3v) is 6.68. The fraction of sp³-hybridized carbons (Fsp3) is 0.455. The first kappa shape index (κ1) is 25.4. The normalized spacial score (nSPS) is 14.8. The Balaban J connectivity index is 0.00000341. The van der Waals surface area contributed by atoms with E-state index in [0.29, 0.717) is 13.0 Å². The molecule has 0 amide bonds. The van der Waals surface area contributed by atoms with E-state index in [0.717, 1.165) is 50.1 Å². The number of hydrogen-bond acceptors (Lipinski definition) is 5. The van der Waals surface area contributed by atoms with Gasteiger partial charge in [0, 0.05) is 45.5 Å². The number of halogens is 1. The summed E-state index contributed by atoms with van der Waals surface area (Å²) < 4.78 is 24.7. The van der Waals surface area contributed by atoms with Crippen LogP contribution in [0.4, 0.5) is 5.82 Å². The summed E-state index contributed by atoms with van der Waals surface area (Å²) in [6.45, 7) is 6.80. The van der Waals surface area contributed by atoms with Crippen LogP contribution in [0.3, 0.4) is 0 Å². The van der Waals surface area contributed by atoms with E-state index in [1.165, 1.54) is 0 Å². The third kappa shape index (κ3) is 8.29. The molecule has 3 rings (SSSR count). The lowest BCUT2D eigenvalue weighted by Crippen LogP contribution is -2.52. The fourth-order valence-corrected chi connectivity index (χ4v) is 4.90. The maximum atomic E-state index is 12.4. The number of aromatic nitrogens is 1. The predicted molar refractivity (Wildman–Crippen MR) is 138 cm³/mol. The fourth-order valence-electron chi connectivity index (χ4n) is 3.48. The van der Waals surface area contributed by atoms with Crippen molar-refractivity contribution in [2.75, 3.05) is 49.9 Å². The molecule has 0 unspecified atom stereocenters. The summed E-state index contributed by atoms with van der Waals surface area (Å²) in [5.41, 5.74) is 0.833. The largest absolute Gasteiger partial charge is 0.357 e. The highest BCUT2D eigenvalue weighted by Gasteiger charge is 2.20. The van der Waals surface area contributed by atoms with Crippen molar-refractivity contribution >= 4 is 45.6 Å². The molecule has 2 aromatic rings. The molecule has 0 atom stereocenters. The van der Waals surface area contributed by atoms with Crippen LogP contribution < -0.4 is 10.2 Å². The van der Waals surface area contributed by atoms with E-state index in [4.69, 9.17) is 0 Å². The van der Waals surface area contributed by atoms with E-state index in [9.17, 15) is 8.42 Å². The van der Waals surface area contributed by atoms with E-state index in [1.54, 1.807) is 0 Å². The highest BCUT2D eigenvalue weighted by atomic mass is 127. The van der Waals surface area contributed by atoms with Crippen molar-refractivity contribution < 1.29 is 8.42 Å². The SMILES string of the molecule is CCNC(=NCCCS(=O)(=O)Cc1ccccc1)N1CCN(c2ccccn2)CC1.I. The van der Waals surface area contributed by atoms with Crippen LogP contribution in [0.2, 0.25) is 0 Å². The highest BCUT2D eigenvalue weighted by molar-refractivity contribution is 14.0. The first-order valence-electron chi connectivity index (χ1n) is 10.5. The molecule has 1 aliphatic rings. The lowest BCUT2D eigenvalue weighted by atomic mass is 10.2. The molecule has 1 aromatic carbocycles. The number of anilines is 1. The van der Waals surface area contributed by atoms with Crippen LogP contribution in [0.15, 0.2) is 59.7 Å². The monoisotopic (exact) mass is 557 g/mol. The van der Waals surface area contributed by atoms with Gasteiger partial charge in [-0.05, 0) is 31.0 Å². The van der Waals surface area contributed by atoms with Crippen molar-refractivity contribution in [3.8, 4) is 0 Å². The Bertz CT molecular complexity index is 902. The quantitative estimate of drug-likeness (QED) is 0.233. The van der Waals surface area contributed by atoms with Crippen LogP contribution in [0.1, 0.15) is 18.9 Å². The molecule has 0 spiro atoms. The first-order chi connectivity index (χ1) is 14.6. The number of benzene rings is 1. The summed E-state index contributed by atoms with van der Waals surface area (Å²) in [5, 5.41) is 3.34. The molecular formula is C22H32IN5O2S. The van der Waals surface area contributed by atoms with Crippen molar-refractivity contribution in [1.82, 2.24) is 15.2 Å². The smallest absolute Gasteiger partial charge is 0.194 e. The van der Waals surface area contributed by atoms with Crippen molar-refractivity contribution in [2.45, 2.75) is 19.1 Å². The van der Waals surface area contributed by atoms with Crippen LogP contribution in [-0.4, -0.2) is 69.3 Å². The summed E-state index contributed by atoms with van der Waals surface area (Å²) in [6, 6.07) is 15.3. The zero-order chi connectivity index (χ0) is 21.2. The lowest BCUT2D eigenvalue weighted by molar-refractivity contribution is 0.371. The average molecular weight is 558 g/mol. The Morgan fingerprint density at radius 2 is 1.77 bits per heavy atom. The van der Waals surface area contributed by atoms with E-state index >= 15 is 0 Å². The second-order valence-electron chi connectivity index (χ2n) is 7.33. The molecule has 1 aliphatic heterocycles. The minimum absolute atomic E-state index is 0. The first-order valence-corrected chi connectivity index (χ1v) is 12.3. The predicted octanol–water partition coefficient (Wildman–Crippen LogP) is 2.79.